The molecule has 0 spiro atoms. The highest BCUT2D eigenvalue weighted by molar-refractivity contribution is 9.10. The molecular weight excluding hydrogens is 697 g/mol. The fraction of sp³-hybridized carbons (Fsp3) is 0.241. The minimum atomic E-state index is -5.17. The number of nitrogens with one attached hydrogen (secondary N) is 1. The lowest BCUT2D eigenvalue weighted by molar-refractivity contribution is -0.145. The molecule has 0 aliphatic rings. The van der Waals surface area contributed by atoms with Crippen LogP contribution >= 0.6 is 15.9 Å². The van der Waals surface area contributed by atoms with Crippen LogP contribution in [0.5, 0.6) is 5.75 Å². The molecule has 0 radical (unpaired) electrons. The first-order chi connectivity index (χ1) is 21.4. The number of rotatable bonds is 8. The SMILES string of the molecule is COC(=O)C[C@H](NC(=O)C(c1cc(Br)ccc1F)n1ccc(C(F)(F)F)cc1=O)c1cn(-c2c(C)cccc2O)nc1C(F)(F)F. The summed E-state index contributed by atoms with van der Waals surface area (Å²) in [5.74, 6) is -3.99. The number of methoxy groups -OCH3 is 1. The van der Waals surface area contributed by atoms with Gasteiger partial charge in [-0.3, -0.25) is 19.0 Å². The number of benzene rings is 2. The molecule has 9 nitrogen and oxygen atoms in total. The molecule has 2 aromatic heterocycles. The lowest BCUT2D eigenvalue weighted by Crippen LogP contribution is -2.41. The van der Waals surface area contributed by atoms with E-state index in [-0.39, 0.29) is 16.2 Å². The van der Waals surface area contributed by atoms with Crippen LogP contribution in [0.15, 0.2) is 70.2 Å². The van der Waals surface area contributed by atoms with Crippen molar-refractivity contribution < 1.29 is 50.2 Å². The number of aryl methyl sites for hydroxylation is 1. The topological polar surface area (TPSA) is 115 Å². The molecule has 2 aromatic carbocycles. The van der Waals surface area contributed by atoms with Crippen molar-refractivity contribution >= 4 is 27.8 Å². The van der Waals surface area contributed by atoms with Gasteiger partial charge in [0.2, 0.25) is 5.91 Å². The van der Waals surface area contributed by atoms with Gasteiger partial charge in [-0.05, 0) is 42.8 Å². The third-order valence-electron chi connectivity index (χ3n) is 6.80. The molecule has 0 aliphatic heterocycles. The van der Waals surface area contributed by atoms with Crippen LogP contribution in [0.3, 0.4) is 0 Å². The lowest BCUT2D eigenvalue weighted by atomic mass is 10.0. The van der Waals surface area contributed by atoms with E-state index in [1.807, 2.05) is 0 Å². The van der Waals surface area contributed by atoms with E-state index in [0.717, 1.165) is 25.4 Å². The molecule has 4 rings (SSSR count). The van der Waals surface area contributed by atoms with Crippen molar-refractivity contribution in [2.75, 3.05) is 7.11 Å². The minimum Gasteiger partial charge on any atom is -0.506 e. The monoisotopic (exact) mass is 718 g/mol. The van der Waals surface area contributed by atoms with Crippen LogP contribution in [0, 0.1) is 12.7 Å². The van der Waals surface area contributed by atoms with Gasteiger partial charge in [-0.15, -0.1) is 0 Å². The maximum atomic E-state index is 15.1. The number of carbonyl (C=O) groups excluding carboxylic acids is 2. The van der Waals surface area contributed by atoms with Crippen molar-refractivity contribution in [3.05, 3.63) is 110 Å². The molecule has 2 atom stereocenters. The Kier molecular flexibility index (Phi) is 9.65. The summed E-state index contributed by atoms with van der Waals surface area (Å²) in [6.07, 6.45) is -9.63. The summed E-state index contributed by atoms with van der Waals surface area (Å²) in [7, 11) is 0.933. The summed E-state index contributed by atoms with van der Waals surface area (Å²) < 4.78 is 104. The van der Waals surface area contributed by atoms with E-state index < -0.39 is 82.2 Å². The second-order valence-electron chi connectivity index (χ2n) is 9.89. The van der Waals surface area contributed by atoms with Gasteiger partial charge in [0.05, 0.1) is 25.1 Å². The number of aromatic nitrogens is 3. The van der Waals surface area contributed by atoms with Crippen molar-refractivity contribution in [1.82, 2.24) is 19.7 Å². The van der Waals surface area contributed by atoms with Gasteiger partial charge in [0.15, 0.2) is 5.69 Å². The van der Waals surface area contributed by atoms with E-state index in [4.69, 9.17) is 0 Å². The molecule has 1 amide bonds. The van der Waals surface area contributed by atoms with E-state index in [0.29, 0.717) is 27.1 Å². The molecule has 2 N–H and O–H groups in total. The third-order valence-corrected chi connectivity index (χ3v) is 7.29. The molecule has 0 bridgehead atoms. The van der Waals surface area contributed by atoms with Gasteiger partial charge in [-0.2, -0.15) is 31.4 Å². The van der Waals surface area contributed by atoms with Crippen LogP contribution in [-0.2, 0) is 26.7 Å². The summed E-state index contributed by atoms with van der Waals surface area (Å²) >= 11 is 3.09. The smallest absolute Gasteiger partial charge is 0.435 e. The van der Waals surface area contributed by atoms with Gasteiger partial charge in [0.1, 0.15) is 23.3 Å². The molecule has 0 fully saturated rings. The second kappa shape index (κ2) is 13.0. The molecule has 1 unspecified atom stereocenters. The van der Waals surface area contributed by atoms with Crippen LogP contribution in [0.2, 0.25) is 0 Å². The Bertz CT molecular complexity index is 1830. The lowest BCUT2D eigenvalue weighted by Gasteiger charge is -2.25. The van der Waals surface area contributed by atoms with Crippen LogP contribution < -0.4 is 10.9 Å². The largest absolute Gasteiger partial charge is 0.506 e. The number of esters is 1. The maximum absolute atomic E-state index is 15.1. The zero-order valence-electron chi connectivity index (χ0n) is 23.6. The van der Waals surface area contributed by atoms with E-state index in [9.17, 15) is 45.8 Å². The first-order valence-electron chi connectivity index (χ1n) is 13.0. The van der Waals surface area contributed by atoms with Gasteiger partial charge in [-0.1, -0.05) is 28.1 Å². The average Bonchev–Trinajstić information content (AvgIpc) is 3.40. The number of phenolic OH excluding ortho intramolecular Hbond substituents is 1. The number of ether oxygens (including phenoxy) is 1. The first-order valence-corrected chi connectivity index (χ1v) is 13.8. The van der Waals surface area contributed by atoms with Crippen LogP contribution in [0.4, 0.5) is 30.7 Å². The van der Waals surface area contributed by atoms with E-state index >= 15 is 4.39 Å². The standard InChI is InChI=1S/C29H22BrF7N4O5/c1-14-4-3-5-21(42)24(14)41-13-18(26(39-41)29(35,36)37)20(12-23(44)46-2)38-27(45)25(17-11-16(30)6-7-19(17)31)40-9-8-15(10-22(40)43)28(32,33)34/h3-11,13,20,25,42H,12H2,1-2H3,(H,38,45)/t20-,25?/m0/s1. The van der Waals surface area contributed by atoms with Crippen LogP contribution in [-0.4, -0.2) is 38.4 Å². The number of alkyl halides is 6. The zero-order valence-corrected chi connectivity index (χ0v) is 25.2. The van der Waals surface area contributed by atoms with Gasteiger partial charge in [0, 0.05) is 34.1 Å². The summed E-state index contributed by atoms with van der Waals surface area (Å²) in [4.78, 5) is 39.1. The molecule has 0 saturated heterocycles. The Balaban J connectivity index is 1.90. The number of hydrogen-bond acceptors (Lipinski definition) is 6. The number of carbonyl (C=O) groups is 2. The Morgan fingerprint density at radius 2 is 1.74 bits per heavy atom. The highest BCUT2D eigenvalue weighted by Gasteiger charge is 2.41. The maximum Gasteiger partial charge on any atom is 0.435 e. The minimum absolute atomic E-state index is 0.146. The number of aromatic hydroxyl groups is 1. The number of amides is 1. The van der Waals surface area contributed by atoms with Crippen LogP contribution in [0.25, 0.3) is 5.69 Å². The molecule has 0 saturated carbocycles. The number of para-hydroxylation sites is 1. The Morgan fingerprint density at radius 1 is 1.04 bits per heavy atom. The van der Waals surface area contributed by atoms with Gasteiger partial charge >= 0.3 is 18.3 Å². The average molecular weight is 719 g/mol. The molecular formula is C29H22BrF7N4O5. The quantitative estimate of drug-likeness (QED) is 0.171. The van der Waals surface area contributed by atoms with Gasteiger partial charge < -0.3 is 15.2 Å². The number of pyridine rings is 1. The van der Waals surface area contributed by atoms with Gasteiger partial charge in [-0.25, -0.2) is 9.07 Å². The van der Waals surface area contributed by atoms with Gasteiger partial charge in [0.25, 0.3) is 5.56 Å². The van der Waals surface area contributed by atoms with E-state index in [1.165, 1.54) is 31.2 Å². The fourth-order valence-corrected chi connectivity index (χ4v) is 5.06. The highest BCUT2D eigenvalue weighted by atomic mass is 79.9. The number of halogens is 8. The van der Waals surface area contributed by atoms with Crippen LogP contribution in [0.1, 0.15) is 46.5 Å². The summed E-state index contributed by atoms with van der Waals surface area (Å²) in [5, 5.41) is 16.1. The highest BCUT2D eigenvalue weighted by Crippen LogP contribution is 2.37. The van der Waals surface area contributed by atoms with E-state index in [2.05, 4.69) is 31.1 Å². The van der Waals surface area contributed by atoms with Crippen molar-refractivity contribution in [1.29, 1.82) is 0 Å². The van der Waals surface area contributed by atoms with Crippen molar-refractivity contribution in [2.45, 2.75) is 37.8 Å². The van der Waals surface area contributed by atoms with Crippen molar-refractivity contribution in [2.24, 2.45) is 0 Å². The second-order valence-corrected chi connectivity index (χ2v) is 10.8. The molecule has 2 heterocycles. The summed E-state index contributed by atoms with van der Waals surface area (Å²) in [6.45, 7) is 1.48. The summed E-state index contributed by atoms with van der Waals surface area (Å²) in [5.41, 5.74) is -5.48. The normalized spacial score (nSPS) is 13.3. The molecule has 244 valence electrons. The van der Waals surface area contributed by atoms with E-state index in [1.54, 1.807) is 0 Å². The Morgan fingerprint density at radius 3 is 2.33 bits per heavy atom. The third kappa shape index (κ3) is 7.24. The Hall–Kier alpha value is -4.67. The van der Waals surface area contributed by atoms with Crippen molar-refractivity contribution in [3.8, 4) is 11.4 Å². The molecule has 0 aliphatic carbocycles. The number of hydrogen-bond donors (Lipinski definition) is 2. The molecule has 46 heavy (non-hydrogen) atoms. The molecule has 4 aromatic rings. The summed E-state index contributed by atoms with van der Waals surface area (Å²) in [6, 6.07) is 3.96. The number of phenols is 1. The predicted molar refractivity (Wildman–Crippen MR) is 150 cm³/mol. The predicted octanol–water partition coefficient (Wildman–Crippen LogP) is 6.00. The number of nitrogens with zero attached hydrogens (tertiary/aromatic N) is 3. The zero-order chi connectivity index (χ0) is 34.1. The van der Waals surface area contributed by atoms with Crippen molar-refractivity contribution in [3.63, 3.8) is 0 Å². The first kappa shape index (κ1) is 34.2. The Labute approximate surface area is 263 Å². The fourth-order valence-electron chi connectivity index (χ4n) is 4.68. The molecule has 17 heteroatoms.